The monoisotopic (exact) mass is 287 g/mol. The predicted octanol–water partition coefficient (Wildman–Crippen LogP) is 5.00. The van der Waals surface area contributed by atoms with Gasteiger partial charge in [0, 0.05) is 16.8 Å². The van der Waals surface area contributed by atoms with Crippen LogP contribution in [0.25, 0.3) is 10.1 Å². The van der Waals surface area contributed by atoms with E-state index in [4.69, 9.17) is 0 Å². The van der Waals surface area contributed by atoms with Crippen molar-refractivity contribution in [1.82, 2.24) is 5.32 Å². The van der Waals surface area contributed by atoms with E-state index in [0.29, 0.717) is 5.41 Å². The fourth-order valence-electron chi connectivity index (χ4n) is 3.12. The van der Waals surface area contributed by atoms with Crippen molar-refractivity contribution in [3.8, 4) is 0 Å². The number of hydrogen-bond acceptors (Lipinski definition) is 2. The molecule has 1 heterocycles. The summed E-state index contributed by atoms with van der Waals surface area (Å²) in [5.74, 6) is 0. The minimum atomic E-state index is 0.222. The quantitative estimate of drug-likeness (QED) is 0.834. The molecule has 1 aliphatic carbocycles. The van der Waals surface area contributed by atoms with E-state index in [1.54, 1.807) is 5.56 Å². The smallest absolute Gasteiger partial charge is 0.0345 e. The van der Waals surface area contributed by atoms with Gasteiger partial charge in [0.25, 0.3) is 0 Å². The van der Waals surface area contributed by atoms with Gasteiger partial charge in [-0.05, 0) is 67.8 Å². The molecule has 0 spiro atoms. The molecule has 0 unspecified atom stereocenters. The second-order valence-electron chi connectivity index (χ2n) is 7.39. The Morgan fingerprint density at radius 2 is 1.95 bits per heavy atom. The minimum absolute atomic E-state index is 0.222. The highest BCUT2D eigenvalue weighted by Gasteiger charge is 2.38. The lowest BCUT2D eigenvalue weighted by molar-refractivity contribution is 0.119. The van der Waals surface area contributed by atoms with Gasteiger partial charge in [-0.2, -0.15) is 0 Å². The Balaban J connectivity index is 1.77. The molecule has 2 aromatic rings. The molecule has 1 N–H and O–H groups in total. The maximum absolute atomic E-state index is 3.73. The summed E-state index contributed by atoms with van der Waals surface area (Å²) in [5.41, 5.74) is 2.28. The van der Waals surface area contributed by atoms with E-state index in [0.717, 1.165) is 6.54 Å². The van der Waals surface area contributed by atoms with Gasteiger partial charge in [-0.1, -0.05) is 24.6 Å². The fourth-order valence-corrected chi connectivity index (χ4v) is 4.08. The molecule has 3 rings (SSSR count). The van der Waals surface area contributed by atoms with Crippen molar-refractivity contribution in [2.24, 2.45) is 5.41 Å². The first-order valence-electron chi connectivity index (χ1n) is 7.68. The molecule has 1 fully saturated rings. The Labute approximate surface area is 126 Å². The molecule has 0 aliphatic heterocycles. The molecule has 1 nitrogen and oxygen atoms in total. The van der Waals surface area contributed by atoms with Crippen LogP contribution in [0, 0.1) is 5.41 Å². The maximum Gasteiger partial charge on any atom is 0.0345 e. The summed E-state index contributed by atoms with van der Waals surface area (Å²) in [6.07, 6.45) is 5.38. The van der Waals surface area contributed by atoms with Crippen LogP contribution in [-0.4, -0.2) is 12.1 Å². The van der Waals surface area contributed by atoms with Gasteiger partial charge in [0.05, 0.1) is 0 Å². The van der Waals surface area contributed by atoms with Crippen molar-refractivity contribution in [3.05, 3.63) is 35.2 Å². The summed E-state index contributed by atoms with van der Waals surface area (Å²) in [6, 6.07) is 8.83. The minimum Gasteiger partial charge on any atom is -0.312 e. The summed E-state index contributed by atoms with van der Waals surface area (Å²) in [5, 5.41) is 7.58. The zero-order valence-corrected chi connectivity index (χ0v) is 13.6. The van der Waals surface area contributed by atoms with Gasteiger partial charge in [0.1, 0.15) is 0 Å². The van der Waals surface area contributed by atoms with E-state index in [2.05, 4.69) is 55.7 Å². The number of rotatable bonds is 4. The predicted molar refractivity (Wildman–Crippen MR) is 89.6 cm³/mol. The average molecular weight is 287 g/mol. The zero-order valence-electron chi connectivity index (χ0n) is 12.8. The Morgan fingerprint density at radius 3 is 2.60 bits per heavy atom. The summed E-state index contributed by atoms with van der Waals surface area (Å²) in [6.45, 7) is 7.94. The first-order chi connectivity index (χ1) is 9.48. The summed E-state index contributed by atoms with van der Waals surface area (Å²) < 4.78 is 1.43. The Bertz CT molecular complexity index is 587. The van der Waals surface area contributed by atoms with E-state index in [9.17, 15) is 0 Å². The molecular formula is C18H25NS. The second kappa shape index (κ2) is 5.16. The van der Waals surface area contributed by atoms with Crippen molar-refractivity contribution in [2.45, 2.75) is 52.0 Å². The van der Waals surface area contributed by atoms with Crippen molar-refractivity contribution in [2.75, 3.05) is 6.54 Å². The number of nitrogens with one attached hydrogen (secondary N) is 1. The molecule has 0 saturated heterocycles. The molecule has 0 amide bonds. The Morgan fingerprint density at radius 1 is 1.20 bits per heavy atom. The standard InChI is InChI=1S/C18H25NS/c1-17(2,3)19-13-18(9-6-10-18)11-14-12-20-16-8-5-4-7-15(14)16/h4-5,7-8,12,19H,6,9-11,13H2,1-3H3. The third-order valence-corrected chi connectivity index (χ3v) is 5.55. The number of benzene rings is 1. The van der Waals surface area contributed by atoms with E-state index < -0.39 is 0 Å². The van der Waals surface area contributed by atoms with Gasteiger partial charge in [-0.3, -0.25) is 0 Å². The normalized spacial score (nSPS) is 18.1. The summed E-state index contributed by atoms with van der Waals surface area (Å²) in [7, 11) is 0. The summed E-state index contributed by atoms with van der Waals surface area (Å²) in [4.78, 5) is 0. The third kappa shape index (κ3) is 2.91. The number of fused-ring (bicyclic) bond motifs is 1. The van der Waals surface area contributed by atoms with Crippen LogP contribution in [0.3, 0.4) is 0 Å². The van der Waals surface area contributed by atoms with Crippen LogP contribution in [0.15, 0.2) is 29.6 Å². The second-order valence-corrected chi connectivity index (χ2v) is 8.30. The summed E-state index contributed by atoms with van der Waals surface area (Å²) >= 11 is 1.89. The van der Waals surface area contributed by atoms with Gasteiger partial charge >= 0.3 is 0 Å². The van der Waals surface area contributed by atoms with Crippen molar-refractivity contribution in [3.63, 3.8) is 0 Å². The molecule has 2 heteroatoms. The zero-order chi connectivity index (χ0) is 14.2. The largest absolute Gasteiger partial charge is 0.312 e. The van der Waals surface area contributed by atoms with Crippen LogP contribution in [0.5, 0.6) is 0 Å². The lowest BCUT2D eigenvalue weighted by Crippen LogP contribution is -2.47. The highest BCUT2D eigenvalue weighted by atomic mass is 32.1. The molecule has 1 aromatic heterocycles. The molecule has 1 saturated carbocycles. The molecule has 0 atom stereocenters. The molecule has 108 valence electrons. The first-order valence-corrected chi connectivity index (χ1v) is 8.56. The number of hydrogen-bond donors (Lipinski definition) is 1. The van der Waals surface area contributed by atoms with Gasteiger partial charge in [-0.15, -0.1) is 11.3 Å². The fraction of sp³-hybridized carbons (Fsp3) is 0.556. The highest BCUT2D eigenvalue weighted by molar-refractivity contribution is 7.17. The lowest BCUT2D eigenvalue weighted by atomic mass is 9.65. The molecule has 20 heavy (non-hydrogen) atoms. The molecule has 0 radical (unpaired) electrons. The topological polar surface area (TPSA) is 12.0 Å². The molecule has 0 bridgehead atoms. The van der Waals surface area contributed by atoms with Gasteiger partial charge in [0.2, 0.25) is 0 Å². The van der Waals surface area contributed by atoms with E-state index in [1.165, 1.54) is 35.8 Å². The van der Waals surface area contributed by atoms with Crippen LogP contribution in [0.4, 0.5) is 0 Å². The van der Waals surface area contributed by atoms with Crippen molar-refractivity contribution < 1.29 is 0 Å². The SMILES string of the molecule is CC(C)(C)NCC1(Cc2csc3ccccc23)CCC1. The lowest BCUT2D eigenvalue weighted by Gasteiger charge is -2.44. The van der Waals surface area contributed by atoms with E-state index in [-0.39, 0.29) is 5.54 Å². The van der Waals surface area contributed by atoms with Crippen LogP contribution in [0.2, 0.25) is 0 Å². The average Bonchev–Trinajstić information content (AvgIpc) is 2.74. The molecular weight excluding hydrogens is 262 g/mol. The van der Waals surface area contributed by atoms with E-state index >= 15 is 0 Å². The Kier molecular flexibility index (Phi) is 3.64. The van der Waals surface area contributed by atoms with Gasteiger partial charge < -0.3 is 5.32 Å². The van der Waals surface area contributed by atoms with E-state index in [1.807, 2.05) is 11.3 Å². The van der Waals surface area contributed by atoms with Crippen LogP contribution < -0.4 is 5.32 Å². The first kappa shape index (κ1) is 14.1. The third-order valence-electron chi connectivity index (χ3n) is 4.53. The van der Waals surface area contributed by atoms with Crippen molar-refractivity contribution in [1.29, 1.82) is 0 Å². The van der Waals surface area contributed by atoms with Gasteiger partial charge in [-0.25, -0.2) is 0 Å². The van der Waals surface area contributed by atoms with Crippen LogP contribution >= 0.6 is 11.3 Å². The maximum atomic E-state index is 3.73. The Hall–Kier alpha value is -0.860. The van der Waals surface area contributed by atoms with Crippen LogP contribution in [0.1, 0.15) is 45.6 Å². The highest BCUT2D eigenvalue weighted by Crippen LogP contribution is 2.45. The van der Waals surface area contributed by atoms with Crippen LogP contribution in [-0.2, 0) is 6.42 Å². The molecule has 1 aliphatic rings. The number of thiophene rings is 1. The van der Waals surface area contributed by atoms with Gasteiger partial charge in [0.15, 0.2) is 0 Å². The van der Waals surface area contributed by atoms with Crippen molar-refractivity contribution >= 4 is 21.4 Å². The molecule has 1 aromatic carbocycles.